The van der Waals surface area contributed by atoms with Crippen LogP contribution in [0.15, 0.2) is 0 Å². The second-order valence-corrected chi connectivity index (χ2v) is 3.39. The maximum absolute atomic E-state index is 13.3. The van der Waals surface area contributed by atoms with Gasteiger partial charge in [-0.1, -0.05) is 0 Å². The number of aliphatic hydroxyl groups is 1. The third-order valence-corrected chi connectivity index (χ3v) is 2.02. The molecule has 1 saturated heterocycles. The lowest BCUT2D eigenvalue weighted by atomic mass is 10.1. The first-order valence-corrected chi connectivity index (χ1v) is 4.70. The lowest BCUT2D eigenvalue weighted by Crippen LogP contribution is -2.36. The molecule has 7 heteroatoms. The average Bonchev–Trinajstić information content (AvgIpc) is 2.42. The molecule has 6 nitrogen and oxygen atoms in total. The number of esters is 2. The van der Waals surface area contributed by atoms with Crippen LogP contribution in [0.2, 0.25) is 0 Å². The van der Waals surface area contributed by atoms with E-state index in [-0.39, 0.29) is 6.61 Å². The molecular formula is C9H13FO6. The lowest BCUT2D eigenvalue weighted by Gasteiger charge is -2.18. The van der Waals surface area contributed by atoms with Crippen LogP contribution in [0.1, 0.15) is 13.8 Å². The fourth-order valence-corrected chi connectivity index (χ4v) is 1.37. The average molecular weight is 236 g/mol. The van der Waals surface area contributed by atoms with Crippen molar-refractivity contribution in [1.82, 2.24) is 0 Å². The Morgan fingerprint density at radius 3 is 2.50 bits per heavy atom. The molecule has 0 aromatic rings. The van der Waals surface area contributed by atoms with Crippen LogP contribution in [0.4, 0.5) is 4.39 Å². The van der Waals surface area contributed by atoms with Crippen molar-refractivity contribution in [3.63, 3.8) is 0 Å². The fraction of sp³-hybridized carbons (Fsp3) is 0.778. The van der Waals surface area contributed by atoms with Gasteiger partial charge in [0.15, 0.2) is 18.6 Å². The van der Waals surface area contributed by atoms with E-state index in [9.17, 15) is 14.0 Å². The van der Waals surface area contributed by atoms with Gasteiger partial charge in [0.05, 0.1) is 0 Å². The highest BCUT2D eigenvalue weighted by Gasteiger charge is 2.47. The molecule has 2 unspecified atom stereocenters. The second-order valence-electron chi connectivity index (χ2n) is 3.39. The number of ether oxygens (including phenoxy) is 3. The quantitative estimate of drug-likeness (QED) is 0.667. The first kappa shape index (κ1) is 12.9. The molecule has 0 aliphatic carbocycles. The van der Waals surface area contributed by atoms with Crippen LogP contribution in [0.3, 0.4) is 0 Å². The van der Waals surface area contributed by atoms with Crippen molar-refractivity contribution in [2.24, 2.45) is 0 Å². The summed E-state index contributed by atoms with van der Waals surface area (Å²) in [4.78, 5) is 21.3. The van der Waals surface area contributed by atoms with E-state index in [2.05, 4.69) is 9.47 Å². The van der Waals surface area contributed by atoms with Gasteiger partial charge < -0.3 is 19.3 Å². The summed E-state index contributed by atoms with van der Waals surface area (Å²) in [7, 11) is 0. The largest absolute Gasteiger partial charge is 0.463 e. The normalized spacial score (nSPS) is 33.5. The highest BCUT2D eigenvalue weighted by atomic mass is 19.1. The van der Waals surface area contributed by atoms with Crippen LogP contribution in [-0.4, -0.2) is 48.3 Å². The van der Waals surface area contributed by atoms with Crippen molar-refractivity contribution in [3.8, 4) is 0 Å². The molecule has 0 amide bonds. The van der Waals surface area contributed by atoms with Crippen LogP contribution < -0.4 is 0 Å². The Kier molecular flexibility index (Phi) is 4.19. The Morgan fingerprint density at radius 1 is 1.38 bits per heavy atom. The highest BCUT2D eigenvalue weighted by molar-refractivity contribution is 5.66. The van der Waals surface area contributed by atoms with E-state index in [0.29, 0.717) is 0 Å². The monoisotopic (exact) mass is 236 g/mol. The maximum atomic E-state index is 13.3. The van der Waals surface area contributed by atoms with Gasteiger partial charge in [-0.15, -0.1) is 0 Å². The SMILES string of the molecule is CC(=O)OC[C@H]1OC(O)C(F)[C@H]1OC(C)=O. The molecule has 0 aromatic heterocycles. The number of hydrogen-bond donors (Lipinski definition) is 1. The number of carbonyl (C=O) groups excluding carboxylic acids is 2. The van der Waals surface area contributed by atoms with Crippen LogP contribution in [0.5, 0.6) is 0 Å². The molecule has 0 aromatic carbocycles. The summed E-state index contributed by atoms with van der Waals surface area (Å²) in [5.41, 5.74) is 0. The minimum absolute atomic E-state index is 0.273. The summed E-state index contributed by atoms with van der Waals surface area (Å²) in [5, 5.41) is 9.09. The van der Waals surface area contributed by atoms with Crippen molar-refractivity contribution in [1.29, 1.82) is 0 Å². The Balaban J connectivity index is 2.59. The molecule has 4 atom stereocenters. The molecule has 16 heavy (non-hydrogen) atoms. The van der Waals surface area contributed by atoms with Gasteiger partial charge in [0.25, 0.3) is 0 Å². The maximum Gasteiger partial charge on any atom is 0.303 e. The van der Waals surface area contributed by atoms with Crippen LogP contribution in [0, 0.1) is 0 Å². The van der Waals surface area contributed by atoms with Gasteiger partial charge in [0.1, 0.15) is 12.7 Å². The molecule has 1 rings (SSSR count). The van der Waals surface area contributed by atoms with Crippen molar-refractivity contribution >= 4 is 11.9 Å². The van der Waals surface area contributed by atoms with Gasteiger partial charge >= 0.3 is 11.9 Å². The number of carbonyl (C=O) groups is 2. The Morgan fingerprint density at radius 2 is 2.00 bits per heavy atom. The van der Waals surface area contributed by atoms with E-state index < -0.39 is 36.6 Å². The van der Waals surface area contributed by atoms with E-state index in [1.54, 1.807) is 0 Å². The van der Waals surface area contributed by atoms with Crippen molar-refractivity contribution < 1.29 is 33.3 Å². The summed E-state index contributed by atoms with van der Waals surface area (Å²) in [6.45, 7) is 2.02. The van der Waals surface area contributed by atoms with Crippen molar-refractivity contribution in [2.45, 2.75) is 38.5 Å². The number of alkyl halides is 1. The molecular weight excluding hydrogens is 223 g/mol. The first-order chi connectivity index (χ1) is 7.41. The smallest absolute Gasteiger partial charge is 0.303 e. The minimum atomic E-state index is -1.84. The summed E-state index contributed by atoms with van der Waals surface area (Å²) >= 11 is 0. The second kappa shape index (κ2) is 5.22. The van der Waals surface area contributed by atoms with Crippen LogP contribution in [-0.2, 0) is 23.8 Å². The van der Waals surface area contributed by atoms with Crippen LogP contribution >= 0.6 is 0 Å². The highest BCUT2D eigenvalue weighted by Crippen LogP contribution is 2.25. The fourth-order valence-electron chi connectivity index (χ4n) is 1.37. The predicted molar refractivity (Wildman–Crippen MR) is 48.0 cm³/mol. The van der Waals surface area contributed by atoms with Gasteiger partial charge in [-0.25, -0.2) is 4.39 Å². The van der Waals surface area contributed by atoms with Gasteiger partial charge in [0.2, 0.25) is 0 Å². The summed E-state index contributed by atoms with van der Waals surface area (Å²) in [5.74, 6) is -1.26. The van der Waals surface area contributed by atoms with E-state index in [1.807, 2.05) is 0 Å². The standard InChI is InChI=1S/C9H13FO6/c1-4(11)14-3-6-8(15-5(2)12)7(10)9(13)16-6/h6-9,13H,3H2,1-2H3/t6-,7?,8+,9?/m1/s1. The summed E-state index contributed by atoms with van der Waals surface area (Å²) in [6, 6.07) is 0. The van der Waals surface area contributed by atoms with Gasteiger partial charge in [0, 0.05) is 13.8 Å². The third kappa shape index (κ3) is 3.14. The lowest BCUT2D eigenvalue weighted by molar-refractivity contribution is -0.159. The molecule has 1 aliphatic heterocycles. The molecule has 92 valence electrons. The molecule has 1 heterocycles. The zero-order valence-corrected chi connectivity index (χ0v) is 8.88. The van der Waals surface area contributed by atoms with Crippen molar-refractivity contribution in [3.05, 3.63) is 0 Å². The molecule has 1 aliphatic rings. The molecule has 1 fully saturated rings. The number of rotatable bonds is 3. The van der Waals surface area contributed by atoms with E-state index in [0.717, 1.165) is 6.92 Å². The predicted octanol–water partition coefficient (Wildman–Crippen LogP) is -0.464. The zero-order chi connectivity index (χ0) is 12.3. The van der Waals surface area contributed by atoms with Crippen molar-refractivity contribution in [2.75, 3.05) is 6.61 Å². The minimum Gasteiger partial charge on any atom is -0.463 e. The molecule has 0 spiro atoms. The third-order valence-electron chi connectivity index (χ3n) is 2.02. The Bertz CT molecular complexity index is 281. The molecule has 1 N–H and O–H groups in total. The first-order valence-electron chi connectivity index (χ1n) is 4.70. The zero-order valence-electron chi connectivity index (χ0n) is 8.88. The van der Waals surface area contributed by atoms with E-state index in [4.69, 9.17) is 9.84 Å². The summed E-state index contributed by atoms with van der Waals surface area (Å²) in [6.07, 6.45) is -5.76. The van der Waals surface area contributed by atoms with Gasteiger partial charge in [-0.05, 0) is 0 Å². The molecule has 0 radical (unpaired) electrons. The summed E-state index contributed by atoms with van der Waals surface area (Å²) < 4.78 is 27.3. The molecule has 0 bridgehead atoms. The topological polar surface area (TPSA) is 82.1 Å². The van der Waals surface area contributed by atoms with Gasteiger partial charge in [-0.2, -0.15) is 0 Å². The number of halogens is 1. The van der Waals surface area contributed by atoms with Crippen LogP contribution in [0.25, 0.3) is 0 Å². The Hall–Kier alpha value is -1.21. The van der Waals surface area contributed by atoms with E-state index >= 15 is 0 Å². The molecule has 0 saturated carbocycles. The Labute approximate surface area is 91.3 Å². The van der Waals surface area contributed by atoms with Gasteiger partial charge in [-0.3, -0.25) is 9.59 Å². The van der Waals surface area contributed by atoms with E-state index in [1.165, 1.54) is 6.92 Å². The number of hydrogen-bond acceptors (Lipinski definition) is 6. The number of aliphatic hydroxyl groups excluding tert-OH is 1.